The number of thioether (sulfide) groups is 1. The lowest BCUT2D eigenvalue weighted by Crippen LogP contribution is -1.88. The number of nitriles is 1. The maximum absolute atomic E-state index is 8.46. The molecule has 4 heteroatoms. The Morgan fingerprint density at radius 1 is 1.57 bits per heavy atom. The van der Waals surface area contributed by atoms with Crippen LogP contribution in [0.2, 0.25) is 5.02 Å². The van der Waals surface area contributed by atoms with Gasteiger partial charge in [0.15, 0.2) is 0 Å². The number of benzene rings is 1. The van der Waals surface area contributed by atoms with Crippen LogP contribution in [0, 0.1) is 18.3 Å². The summed E-state index contributed by atoms with van der Waals surface area (Å²) >= 11 is 7.44. The molecule has 0 radical (unpaired) electrons. The Labute approximate surface area is 92.8 Å². The molecule has 0 atom stereocenters. The van der Waals surface area contributed by atoms with Gasteiger partial charge in [-0.2, -0.15) is 5.26 Å². The second kappa shape index (κ2) is 5.14. The van der Waals surface area contributed by atoms with Crippen molar-refractivity contribution >= 4 is 23.4 Å². The van der Waals surface area contributed by atoms with Gasteiger partial charge in [-0.3, -0.25) is 0 Å². The SMILES string of the molecule is COc1cc(C)c(SCC#N)cc1Cl. The zero-order chi connectivity index (χ0) is 10.6. The lowest BCUT2D eigenvalue weighted by Gasteiger charge is -2.08. The van der Waals surface area contributed by atoms with Gasteiger partial charge in [-0.1, -0.05) is 11.6 Å². The van der Waals surface area contributed by atoms with Gasteiger partial charge in [-0.15, -0.1) is 11.8 Å². The molecule has 0 aromatic heterocycles. The molecule has 14 heavy (non-hydrogen) atoms. The third-order valence-electron chi connectivity index (χ3n) is 1.74. The first kappa shape index (κ1) is 11.2. The summed E-state index contributed by atoms with van der Waals surface area (Å²) in [7, 11) is 1.59. The second-order valence-electron chi connectivity index (χ2n) is 2.70. The number of aryl methyl sites for hydroxylation is 1. The Morgan fingerprint density at radius 3 is 2.86 bits per heavy atom. The Kier molecular flexibility index (Phi) is 4.12. The van der Waals surface area contributed by atoms with Crippen LogP contribution in [-0.4, -0.2) is 12.9 Å². The number of hydrogen-bond donors (Lipinski definition) is 0. The van der Waals surface area contributed by atoms with Gasteiger partial charge >= 0.3 is 0 Å². The minimum atomic E-state index is 0.434. The minimum absolute atomic E-state index is 0.434. The van der Waals surface area contributed by atoms with Crippen molar-refractivity contribution in [2.45, 2.75) is 11.8 Å². The van der Waals surface area contributed by atoms with Crippen molar-refractivity contribution in [3.63, 3.8) is 0 Å². The van der Waals surface area contributed by atoms with Gasteiger partial charge in [0.1, 0.15) is 5.75 Å². The van der Waals surface area contributed by atoms with Crippen LogP contribution in [0.1, 0.15) is 5.56 Å². The van der Waals surface area contributed by atoms with Crippen molar-refractivity contribution in [2.24, 2.45) is 0 Å². The van der Waals surface area contributed by atoms with E-state index in [1.54, 1.807) is 7.11 Å². The highest BCUT2D eigenvalue weighted by Gasteiger charge is 2.06. The molecule has 1 aromatic rings. The van der Waals surface area contributed by atoms with E-state index in [0.29, 0.717) is 16.5 Å². The van der Waals surface area contributed by atoms with E-state index in [4.69, 9.17) is 21.6 Å². The molecule has 0 amide bonds. The Hall–Kier alpha value is -0.850. The number of hydrogen-bond acceptors (Lipinski definition) is 3. The molecule has 0 heterocycles. The summed E-state index contributed by atoms with van der Waals surface area (Å²) in [4.78, 5) is 1.03. The molecule has 2 nitrogen and oxygen atoms in total. The maximum Gasteiger partial charge on any atom is 0.137 e. The van der Waals surface area contributed by atoms with Crippen molar-refractivity contribution in [1.82, 2.24) is 0 Å². The average Bonchev–Trinajstić information content (AvgIpc) is 2.18. The molecule has 0 aliphatic carbocycles. The molecule has 0 spiro atoms. The van der Waals surface area contributed by atoms with Gasteiger partial charge in [-0.05, 0) is 24.6 Å². The first-order chi connectivity index (χ1) is 6.69. The number of ether oxygens (including phenoxy) is 1. The van der Waals surface area contributed by atoms with Crippen LogP contribution in [0.5, 0.6) is 5.75 Å². The fourth-order valence-corrected chi connectivity index (χ4v) is 2.07. The Morgan fingerprint density at radius 2 is 2.29 bits per heavy atom. The number of nitrogens with zero attached hydrogens (tertiary/aromatic N) is 1. The zero-order valence-electron chi connectivity index (χ0n) is 8.00. The van der Waals surface area contributed by atoms with E-state index < -0.39 is 0 Å². The van der Waals surface area contributed by atoms with E-state index in [0.717, 1.165) is 10.5 Å². The lowest BCUT2D eigenvalue weighted by atomic mass is 10.2. The van der Waals surface area contributed by atoms with E-state index in [2.05, 4.69) is 6.07 Å². The number of rotatable bonds is 3. The van der Waals surface area contributed by atoms with Crippen molar-refractivity contribution in [3.8, 4) is 11.8 Å². The Bertz CT molecular complexity index is 373. The summed E-state index contributed by atoms with van der Waals surface area (Å²) in [6, 6.07) is 5.79. The topological polar surface area (TPSA) is 33.0 Å². The van der Waals surface area contributed by atoms with Crippen molar-refractivity contribution in [1.29, 1.82) is 5.26 Å². The van der Waals surface area contributed by atoms with Crippen LogP contribution in [0.25, 0.3) is 0 Å². The molecule has 0 N–H and O–H groups in total. The molecule has 0 aliphatic heterocycles. The van der Waals surface area contributed by atoms with Crippen LogP contribution < -0.4 is 4.74 Å². The predicted molar refractivity (Wildman–Crippen MR) is 59.1 cm³/mol. The van der Waals surface area contributed by atoms with Crippen molar-refractivity contribution < 1.29 is 4.74 Å². The highest BCUT2D eigenvalue weighted by molar-refractivity contribution is 7.99. The standard InChI is InChI=1S/C10H10ClNOS/c1-7-5-9(13-2)8(11)6-10(7)14-4-3-12/h5-6H,4H2,1-2H3. The largest absolute Gasteiger partial charge is 0.495 e. The number of methoxy groups -OCH3 is 1. The van der Waals surface area contributed by atoms with Gasteiger partial charge in [0, 0.05) is 4.90 Å². The van der Waals surface area contributed by atoms with Crippen LogP contribution in [0.15, 0.2) is 17.0 Å². The molecule has 0 saturated carbocycles. The third-order valence-corrected chi connectivity index (χ3v) is 3.06. The van der Waals surface area contributed by atoms with E-state index in [1.807, 2.05) is 19.1 Å². The number of halogens is 1. The predicted octanol–water partition coefficient (Wildman–Crippen LogP) is 3.27. The highest BCUT2D eigenvalue weighted by atomic mass is 35.5. The second-order valence-corrected chi connectivity index (χ2v) is 4.12. The first-order valence-corrected chi connectivity index (χ1v) is 5.39. The summed E-state index contributed by atoms with van der Waals surface area (Å²) in [6.07, 6.45) is 0. The zero-order valence-corrected chi connectivity index (χ0v) is 9.58. The summed E-state index contributed by atoms with van der Waals surface area (Å²) in [5.41, 5.74) is 1.08. The average molecular weight is 228 g/mol. The third kappa shape index (κ3) is 2.57. The molecule has 0 aliphatic rings. The van der Waals surface area contributed by atoms with Crippen LogP contribution in [-0.2, 0) is 0 Å². The lowest BCUT2D eigenvalue weighted by molar-refractivity contribution is 0.414. The minimum Gasteiger partial charge on any atom is -0.495 e. The maximum atomic E-state index is 8.46. The fourth-order valence-electron chi connectivity index (χ4n) is 1.06. The van der Waals surface area contributed by atoms with Gasteiger partial charge in [0.2, 0.25) is 0 Å². The van der Waals surface area contributed by atoms with Gasteiger partial charge < -0.3 is 4.74 Å². The summed E-state index contributed by atoms with van der Waals surface area (Å²) in [5, 5.41) is 9.04. The molecule has 0 fully saturated rings. The molecule has 0 unspecified atom stereocenters. The Balaban J connectivity index is 2.97. The van der Waals surface area contributed by atoms with E-state index in [1.165, 1.54) is 11.8 Å². The van der Waals surface area contributed by atoms with E-state index in [-0.39, 0.29) is 0 Å². The van der Waals surface area contributed by atoms with Gasteiger partial charge in [0.05, 0.1) is 24.0 Å². The summed E-state index contributed by atoms with van der Waals surface area (Å²) in [5.74, 6) is 1.11. The smallest absolute Gasteiger partial charge is 0.137 e. The van der Waals surface area contributed by atoms with Gasteiger partial charge in [-0.25, -0.2) is 0 Å². The van der Waals surface area contributed by atoms with Crippen LogP contribution >= 0.6 is 23.4 Å². The molecule has 1 rings (SSSR count). The molecular weight excluding hydrogens is 218 g/mol. The quantitative estimate of drug-likeness (QED) is 0.743. The molecule has 0 saturated heterocycles. The summed E-state index contributed by atoms with van der Waals surface area (Å²) in [6.45, 7) is 1.97. The molecule has 0 bridgehead atoms. The monoisotopic (exact) mass is 227 g/mol. The normalized spacial score (nSPS) is 9.57. The van der Waals surface area contributed by atoms with Crippen molar-refractivity contribution in [2.75, 3.05) is 12.9 Å². The van der Waals surface area contributed by atoms with E-state index >= 15 is 0 Å². The fraction of sp³-hybridized carbons (Fsp3) is 0.300. The van der Waals surface area contributed by atoms with Crippen LogP contribution in [0.3, 0.4) is 0 Å². The highest BCUT2D eigenvalue weighted by Crippen LogP contribution is 2.32. The summed E-state index contributed by atoms with van der Waals surface area (Å²) < 4.78 is 5.08. The van der Waals surface area contributed by atoms with E-state index in [9.17, 15) is 0 Å². The molecule has 74 valence electrons. The van der Waals surface area contributed by atoms with Crippen molar-refractivity contribution in [3.05, 3.63) is 22.7 Å². The van der Waals surface area contributed by atoms with Gasteiger partial charge in [0.25, 0.3) is 0 Å². The molecule has 1 aromatic carbocycles. The first-order valence-electron chi connectivity index (χ1n) is 4.03. The molecular formula is C10H10ClNOS. The van der Waals surface area contributed by atoms with Crippen LogP contribution in [0.4, 0.5) is 0 Å².